The van der Waals surface area contributed by atoms with Crippen LogP contribution in [-0.2, 0) is 17.8 Å². The predicted octanol–water partition coefficient (Wildman–Crippen LogP) is 1.17. The molecule has 1 aliphatic rings. The van der Waals surface area contributed by atoms with Gasteiger partial charge in [-0.3, -0.25) is 9.69 Å². The predicted molar refractivity (Wildman–Crippen MR) is 79.6 cm³/mol. The molecule has 2 heterocycles. The van der Waals surface area contributed by atoms with Gasteiger partial charge in [-0.2, -0.15) is 0 Å². The SMILES string of the molecule is CCCc1nc(CNC(=O)CN2CCC[C@@H](O)C2)cs1. The van der Waals surface area contributed by atoms with Crippen LogP contribution in [0.25, 0.3) is 0 Å². The van der Waals surface area contributed by atoms with Crippen LogP contribution in [0.2, 0.25) is 0 Å². The summed E-state index contributed by atoms with van der Waals surface area (Å²) in [5, 5.41) is 15.6. The molecule has 0 bridgehead atoms. The number of piperidine rings is 1. The molecule has 1 saturated heterocycles. The topological polar surface area (TPSA) is 65.5 Å². The Hall–Kier alpha value is -0.980. The van der Waals surface area contributed by atoms with E-state index in [9.17, 15) is 9.90 Å². The van der Waals surface area contributed by atoms with Crippen molar-refractivity contribution in [1.82, 2.24) is 15.2 Å². The van der Waals surface area contributed by atoms with E-state index in [1.165, 1.54) is 0 Å². The molecular weight excluding hydrogens is 274 g/mol. The Kier molecular flexibility index (Phi) is 5.94. The summed E-state index contributed by atoms with van der Waals surface area (Å²) < 4.78 is 0. The number of likely N-dealkylation sites (tertiary alicyclic amines) is 1. The molecule has 1 aromatic rings. The van der Waals surface area contributed by atoms with Crippen molar-refractivity contribution in [2.75, 3.05) is 19.6 Å². The molecule has 0 unspecified atom stereocenters. The van der Waals surface area contributed by atoms with E-state index in [2.05, 4.69) is 17.2 Å². The molecular formula is C14H23N3O2S. The maximum Gasteiger partial charge on any atom is 0.234 e. The molecule has 0 radical (unpaired) electrons. The molecule has 1 amide bonds. The smallest absolute Gasteiger partial charge is 0.234 e. The minimum Gasteiger partial charge on any atom is -0.392 e. The van der Waals surface area contributed by atoms with Crippen LogP contribution < -0.4 is 5.32 Å². The van der Waals surface area contributed by atoms with E-state index in [4.69, 9.17) is 0 Å². The third kappa shape index (κ3) is 4.85. The van der Waals surface area contributed by atoms with Crippen LogP contribution >= 0.6 is 11.3 Å². The second-order valence-electron chi connectivity index (χ2n) is 5.29. The molecule has 5 nitrogen and oxygen atoms in total. The number of hydrogen-bond donors (Lipinski definition) is 2. The lowest BCUT2D eigenvalue weighted by atomic mass is 10.1. The average Bonchev–Trinajstić information content (AvgIpc) is 2.85. The molecule has 0 aromatic carbocycles. The van der Waals surface area contributed by atoms with Crippen LogP contribution in [0.4, 0.5) is 0 Å². The van der Waals surface area contributed by atoms with Crippen LogP contribution in [0.5, 0.6) is 0 Å². The first kappa shape index (κ1) is 15.4. The van der Waals surface area contributed by atoms with Crippen molar-refractivity contribution in [2.45, 2.75) is 45.3 Å². The maximum atomic E-state index is 11.9. The quantitative estimate of drug-likeness (QED) is 0.827. The fourth-order valence-electron chi connectivity index (χ4n) is 2.38. The third-order valence-electron chi connectivity index (χ3n) is 3.38. The van der Waals surface area contributed by atoms with Gasteiger partial charge >= 0.3 is 0 Å². The van der Waals surface area contributed by atoms with Gasteiger partial charge in [0.15, 0.2) is 0 Å². The highest BCUT2D eigenvalue weighted by Crippen LogP contribution is 2.12. The summed E-state index contributed by atoms with van der Waals surface area (Å²) in [5.74, 6) is 0.00383. The summed E-state index contributed by atoms with van der Waals surface area (Å²) in [5.41, 5.74) is 0.936. The van der Waals surface area contributed by atoms with Crippen molar-refractivity contribution in [2.24, 2.45) is 0 Å². The normalized spacial score (nSPS) is 20.0. The van der Waals surface area contributed by atoms with Gasteiger partial charge in [-0.15, -0.1) is 11.3 Å². The highest BCUT2D eigenvalue weighted by molar-refractivity contribution is 7.09. The van der Waals surface area contributed by atoms with E-state index in [1.807, 2.05) is 10.3 Å². The lowest BCUT2D eigenvalue weighted by Crippen LogP contribution is -2.44. The molecule has 0 saturated carbocycles. The van der Waals surface area contributed by atoms with Gasteiger partial charge in [0.1, 0.15) is 0 Å². The van der Waals surface area contributed by atoms with E-state index in [0.717, 1.165) is 42.9 Å². The number of thiazole rings is 1. The highest BCUT2D eigenvalue weighted by atomic mass is 32.1. The number of nitrogens with zero attached hydrogens (tertiary/aromatic N) is 2. The van der Waals surface area contributed by atoms with E-state index in [0.29, 0.717) is 19.6 Å². The van der Waals surface area contributed by atoms with Gasteiger partial charge in [-0.1, -0.05) is 6.92 Å². The van der Waals surface area contributed by atoms with E-state index < -0.39 is 0 Å². The third-order valence-corrected chi connectivity index (χ3v) is 4.34. The molecule has 112 valence electrons. The van der Waals surface area contributed by atoms with Gasteiger partial charge in [-0.25, -0.2) is 4.98 Å². The van der Waals surface area contributed by atoms with Crippen molar-refractivity contribution in [3.05, 3.63) is 16.1 Å². The Morgan fingerprint density at radius 2 is 2.50 bits per heavy atom. The summed E-state index contributed by atoms with van der Waals surface area (Å²) in [6, 6.07) is 0. The zero-order valence-electron chi connectivity index (χ0n) is 12.0. The minimum atomic E-state index is -0.285. The van der Waals surface area contributed by atoms with Crippen LogP contribution in [0, 0.1) is 0 Å². The number of hydrogen-bond acceptors (Lipinski definition) is 5. The first-order chi connectivity index (χ1) is 9.67. The first-order valence-electron chi connectivity index (χ1n) is 7.27. The molecule has 1 aliphatic heterocycles. The minimum absolute atomic E-state index is 0.00383. The van der Waals surface area contributed by atoms with Crippen molar-refractivity contribution >= 4 is 17.2 Å². The zero-order chi connectivity index (χ0) is 14.4. The molecule has 2 rings (SSSR count). The fraction of sp³-hybridized carbons (Fsp3) is 0.714. The second-order valence-corrected chi connectivity index (χ2v) is 6.23. The maximum absolute atomic E-state index is 11.9. The summed E-state index contributed by atoms with van der Waals surface area (Å²) in [7, 11) is 0. The van der Waals surface area contributed by atoms with Crippen LogP contribution in [-0.4, -0.2) is 46.6 Å². The highest BCUT2D eigenvalue weighted by Gasteiger charge is 2.19. The Balaban J connectivity index is 1.71. The average molecular weight is 297 g/mol. The second kappa shape index (κ2) is 7.71. The zero-order valence-corrected chi connectivity index (χ0v) is 12.8. The number of β-amino-alcohol motifs (C(OH)–C–C–N with tert-alkyl or cyclic N) is 1. The monoisotopic (exact) mass is 297 g/mol. The number of aliphatic hydroxyl groups is 1. The lowest BCUT2D eigenvalue weighted by molar-refractivity contribution is -0.123. The molecule has 1 atom stereocenters. The Labute approximate surface area is 124 Å². The largest absolute Gasteiger partial charge is 0.392 e. The summed E-state index contributed by atoms with van der Waals surface area (Å²) >= 11 is 1.66. The van der Waals surface area contributed by atoms with Crippen molar-refractivity contribution in [1.29, 1.82) is 0 Å². The number of aliphatic hydroxyl groups excluding tert-OH is 1. The van der Waals surface area contributed by atoms with Gasteiger partial charge in [0, 0.05) is 11.9 Å². The molecule has 1 fully saturated rings. The number of carbonyl (C=O) groups is 1. The number of carbonyl (C=O) groups excluding carboxylic acids is 1. The van der Waals surface area contributed by atoms with Gasteiger partial charge in [0.2, 0.25) is 5.91 Å². The van der Waals surface area contributed by atoms with Crippen molar-refractivity contribution in [3.63, 3.8) is 0 Å². The van der Waals surface area contributed by atoms with E-state index in [1.54, 1.807) is 11.3 Å². The van der Waals surface area contributed by atoms with Crippen LogP contribution in [0.1, 0.15) is 36.9 Å². The number of amides is 1. The number of aromatic nitrogens is 1. The Morgan fingerprint density at radius 3 is 3.25 bits per heavy atom. The number of nitrogens with one attached hydrogen (secondary N) is 1. The Morgan fingerprint density at radius 1 is 1.65 bits per heavy atom. The summed E-state index contributed by atoms with van der Waals surface area (Å²) in [6.45, 7) is 4.49. The first-order valence-corrected chi connectivity index (χ1v) is 8.15. The Bertz CT molecular complexity index is 436. The molecule has 1 aromatic heterocycles. The number of aryl methyl sites for hydroxylation is 1. The number of rotatable bonds is 6. The van der Waals surface area contributed by atoms with E-state index in [-0.39, 0.29) is 12.0 Å². The standard InChI is InChI=1S/C14H23N3O2S/c1-2-4-14-16-11(10-20-14)7-15-13(19)9-17-6-3-5-12(18)8-17/h10,12,18H,2-9H2,1H3,(H,15,19)/t12-/m1/s1. The van der Waals surface area contributed by atoms with Gasteiger partial charge in [0.25, 0.3) is 0 Å². The molecule has 6 heteroatoms. The van der Waals surface area contributed by atoms with Crippen LogP contribution in [0.15, 0.2) is 5.38 Å². The molecule has 20 heavy (non-hydrogen) atoms. The fourth-order valence-corrected chi connectivity index (χ4v) is 3.28. The lowest BCUT2D eigenvalue weighted by Gasteiger charge is -2.29. The van der Waals surface area contributed by atoms with E-state index >= 15 is 0 Å². The summed E-state index contributed by atoms with van der Waals surface area (Å²) in [4.78, 5) is 18.4. The van der Waals surface area contributed by atoms with Gasteiger partial charge in [-0.05, 0) is 32.2 Å². The summed E-state index contributed by atoms with van der Waals surface area (Å²) in [6.07, 6.45) is 3.62. The van der Waals surface area contributed by atoms with Crippen LogP contribution in [0.3, 0.4) is 0 Å². The van der Waals surface area contributed by atoms with Gasteiger partial charge in [0.05, 0.1) is 29.9 Å². The van der Waals surface area contributed by atoms with Gasteiger partial charge < -0.3 is 10.4 Å². The molecule has 2 N–H and O–H groups in total. The van der Waals surface area contributed by atoms with Crippen molar-refractivity contribution < 1.29 is 9.90 Å². The van der Waals surface area contributed by atoms with Crippen molar-refractivity contribution in [3.8, 4) is 0 Å². The molecule has 0 aliphatic carbocycles. The molecule has 0 spiro atoms.